The monoisotopic (exact) mass is 260 g/mol. The van der Waals surface area contributed by atoms with Crippen LogP contribution in [0.25, 0.3) is 0 Å². The fourth-order valence-electron chi connectivity index (χ4n) is 2.40. The number of aliphatic hydroxyl groups excluding tert-OH is 1. The van der Waals surface area contributed by atoms with Crippen LogP contribution in [-0.4, -0.2) is 29.9 Å². The number of hydrogen-bond donors (Lipinski definition) is 2. The minimum Gasteiger partial charge on any atom is -0.374 e. The molecule has 1 aliphatic heterocycles. The SMILES string of the molecule is CC(=O)CCC(=N)c1ccc2c(c1)CCC(O)N2C. The maximum atomic E-state index is 11.0. The van der Waals surface area contributed by atoms with Gasteiger partial charge in [-0.1, -0.05) is 6.07 Å². The van der Waals surface area contributed by atoms with E-state index in [4.69, 9.17) is 5.41 Å². The Morgan fingerprint density at radius 3 is 2.89 bits per heavy atom. The number of nitrogens with one attached hydrogen (secondary N) is 1. The third-order valence-corrected chi connectivity index (χ3v) is 3.65. The second-order valence-corrected chi connectivity index (χ2v) is 5.15. The molecular formula is C15H20N2O2. The highest BCUT2D eigenvalue weighted by Gasteiger charge is 2.21. The lowest BCUT2D eigenvalue weighted by molar-refractivity contribution is -0.116. The maximum Gasteiger partial charge on any atom is 0.130 e. The Morgan fingerprint density at radius 2 is 2.21 bits per heavy atom. The molecule has 4 heteroatoms. The summed E-state index contributed by atoms with van der Waals surface area (Å²) in [5.74, 6) is 0.116. The summed E-state index contributed by atoms with van der Waals surface area (Å²) in [7, 11) is 1.88. The molecule has 1 aromatic rings. The number of anilines is 1. The van der Waals surface area contributed by atoms with Crippen LogP contribution in [0.1, 0.15) is 37.3 Å². The predicted molar refractivity (Wildman–Crippen MR) is 75.9 cm³/mol. The first-order valence-electron chi connectivity index (χ1n) is 6.60. The number of carbonyl (C=O) groups is 1. The van der Waals surface area contributed by atoms with Gasteiger partial charge in [-0.3, -0.25) is 0 Å². The molecule has 19 heavy (non-hydrogen) atoms. The van der Waals surface area contributed by atoms with E-state index in [0.29, 0.717) is 25.0 Å². The topological polar surface area (TPSA) is 64.4 Å². The van der Waals surface area contributed by atoms with Gasteiger partial charge in [0.25, 0.3) is 0 Å². The van der Waals surface area contributed by atoms with Crippen molar-refractivity contribution in [3.05, 3.63) is 29.3 Å². The van der Waals surface area contributed by atoms with Crippen LogP contribution in [0.3, 0.4) is 0 Å². The first-order valence-corrected chi connectivity index (χ1v) is 6.60. The predicted octanol–water partition coefficient (Wildman–Crippen LogP) is 2.12. The third kappa shape index (κ3) is 3.01. The van der Waals surface area contributed by atoms with Gasteiger partial charge in [-0.15, -0.1) is 0 Å². The lowest BCUT2D eigenvalue weighted by atomic mass is 9.95. The molecular weight excluding hydrogens is 240 g/mol. The summed E-state index contributed by atoms with van der Waals surface area (Å²) in [6, 6.07) is 5.87. The molecule has 0 spiro atoms. The summed E-state index contributed by atoms with van der Waals surface area (Å²) >= 11 is 0. The molecule has 2 rings (SSSR count). The van der Waals surface area contributed by atoms with E-state index in [9.17, 15) is 9.90 Å². The van der Waals surface area contributed by atoms with E-state index in [1.54, 1.807) is 6.92 Å². The molecule has 1 unspecified atom stereocenters. The highest BCUT2D eigenvalue weighted by Crippen LogP contribution is 2.29. The van der Waals surface area contributed by atoms with Gasteiger partial charge in [0.05, 0.1) is 0 Å². The molecule has 4 nitrogen and oxygen atoms in total. The fraction of sp³-hybridized carbons (Fsp3) is 0.467. The molecule has 0 bridgehead atoms. The van der Waals surface area contributed by atoms with Crippen LogP contribution >= 0.6 is 0 Å². The second kappa shape index (κ2) is 5.53. The van der Waals surface area contributed by atoms with Gasteiger partial charge in [0, 0.05) is 24.9 Å². The van der Waals surface area contributed by atoms with Crippen molar-refractivity contribution in [3.8, 4) is 0 Å². The summed E-state index contributed by atoms with van der Waals surface area (Å²) in [6.45, 7) is 1.55. The van der Waals surface area contributed by atoms with Crippen molar-refractivity contribution in [1.82, 2.24) is 0 Å². The van der Waals surface area contributed by atoms with Crippen molar-refractivity contribution in [1.29, 1.82) is 5.41 Å². The van der Waals surface area contributed by atoms with Crippen molar-refractivity contribution in [2.24, 2.45) is 0 Å². The molecule has 0 amide bonds. The Labute approximate surface area is 113 Å². The number of benzene rings is 1. The third-order valence-electron chi connectivity index (χ3n) is 3.65. The lowest BCUT2D eigenvalue weighted by Crippen LogP contribution is -2.35. The van der Waals surface area contributed by atoms with Gasteiger partial charge in [-0.2, -0.15) is 0 Å². The second-order valence-electron chi connectivity index (χ2n) is 5.15. The number of hydrogen-bond acceptors (Lipinski definition) is 4. The number of nitrogens with zero attached hydrogens (tertiary/aromatic N) is 1. The first kappa shape index (κ1) is 13.7. The molecule has 1 aromatic carbocycles. The van der Waals surface area contributed by atoms with Gasteiger partial charge in [-0.05, 0) is 49.4 Å². The molecule has 1 atom stereocenters. The van der Waals surface area contributed by atoms with Crippen LogP contribution in [0.2, 0.25) is 0 Å². The Balaban J connectivity index is 2.17. The Bertz CT molecular complexity index is 511. The fourth-order valence-corrected chi connectivity index (χ4v) is 2.40. The number of carbonyl (C=O) groups excluding carboxylic acids is 1. The van der Waals surface area contributed by atoms with Crippen LogP contribution in [0, 0.1) is 5.41 Å². The summed E-state index contributed by atoms with van der Waals surface area (Å²) in [6.07, 6.45) is 2.04. The molecule has 2 N–H and O–H groups in total. The molecule has 0 saturated heterocycles. The summed E-state index contributed by atoms with van der Waals surface area (Å²) in [5, 5.41) is 17.8. The van der Waals surface area contributed by atoms with Crippen LogP contribution in [-0.2, 0) is 11.2 Å². The van der Waals surface area contributed by atoms with E-state index in [-0.39, 0.29) is 5.78 Å². The Kier molecular flexibility index (Phi) is 4.00. The quantitative estimate of drug-likeness (QED) is 0.815. The van der Waals surface area contributed by atoms with Crippen LogP contribution in [0.5, 0.6) is 0 Å². The lowest BCUT2D eigenvalue weighted by Gasteiger charge is -2.32. The zero-order valence-corrected chi connectivity index (χ0v) is 11.4. The van der Waals surface area contributed by atoms with Crippen LogP contribution in [0.4, 0.5) is 5.69 Å². The van der Waals surface area contributed by atoms with Crippen molar-refractivity contribution < 1.29 is 9.90 Å². The smallest absolute Gasteiger partial charge is 0.130 e. The molecule has 0 saturated carbocycles. The molecule has 0 radical (unpaired) electrons. The summed E-state index contributed by atoms with van der Waals surface area (Å²) in [4.78, 5) is 12.8. The number of rotatable bonds is 4. The zero-order valence-electron chi connectivity index (χ0n) is 11.4. The highest BCUT2D eigenvalue weighted by molar-refractivity contribution is 6.00. The van der Waals surface area contributed by atoms with Gasteiger partial charge >= 0.3 is 0 Å². The maximum absolute atomic E-state index is 11.0. The van der Waals surface area contributed by atoms with E-state index in [2.05, 4.69) is 0 Å². The number of aliphatic hydroxyl groups is 1. The minimum absolute atomic E-state index is 0.116. The summed E-state index contributed by atoms with van der Waals surface area (Å²) < 4.78 is 0. The number of fused-ring (bicyclic) bond motifs is 1. The first-order chi connectivity index (χ1) is 8.99. The normalized spacial score (nSPS) is 18.1. The van der Waals surface area contributed by atoms with E-state index >= 15 is 0 Å². The van der Waals surface area contributed by atoms with E-state index in [1.807, 2.05) is 30.1 Å². The molecule has 0 fully saturated rings. The number of Topliss-reactive ketones (excluding diaryl/α,β-unsaturated/α-hetero) is 1. The Morgan fingerprint density at radius 1 is 1.47 bits per heavy atom. The number of aryl methyl sites for hydroxylation is 1. The molecule has 1 heterocycles. The standard InChI is InChI=1S/C15H20N2O2/c1-10(18)3-6-13(16)11-4-7-14-12(9-11)5-8-15(19)17(14)2/h4,7,9,15-16,19H,3,5-6,8H2,1-2H3. The van der Waals surface area contributed by atoms with Crippen molar-refractivity contribution in [2.75, 3.05) is 11.9 Å². The van der Waals surface area contributed by atoms with Crippen molar-refractivity contribution in [3.63, 3.8) is 0 Å². The highest BCUT2D eigenvalue weighted by atomic mass is 16.3. The van der Waals surface area contributed by atoms with Crippen molar-refractivity contribution >= 4 is 17.2 Å². The van der Waals surface area contributed by atoms with Gasteiger partial charge in [-0.25, -0.2) is 0 Å². The van der Waals surface area contributed by atoms with Crippen molar-refractivity contribution in [2.45, 2.75) is 38.8 Å². The summed E-state index contributed by atoms with van der Waals surface area (Å²) in [5.41, 5.74) is 3.58. The minimum atomic E-state index is -0.421. The van der Waals surface area contributed by atoms with E-state index < -0.39 is 6.23 Å². The molecule has 0 aliphatic carbocycles. The van der Waals surface area contributed by atoms with E-state index in [1.165, 1.54) is 0 Å². The zero-order chi connectivity index (χ0) is 14.0. The van der Waals surface area contributed by atoms with Crippen LogP contribution < -0.4 is 4.90 Å². The Hall–Kier alpha value is -1.68. The molecule has 1 aliphatic rings. The largest absolute Gasteiger partial charge is 0.374 e. The van der Waals surface area contributed by atoms with Gasteiger partial charge in [0.1, 0.15) is 12.0 Å². The van der Waals surface area contributed by atoms with Gasteiger partial charge in [0.15, 0.2) is 0 Å². The molecule has 0 aromatic heterocycles. The number of ketones is 1. The molecule has 102 valence electrons. The van der Waals surface area contributed by atoms with Gasteiger partial charge < -0.3 is 20.2 Å². The van der Waals surface area contributed by atoms with Crippen LogP contribution in [0.15, 0.2) is 18.2 Å². The average molecular weight is 260 g/mol. The van der Waals surface area contributed by atoms with Gasteiger partial charge in [0.2, 0.25) is 0 Å². The van der Waals surface area contributed by atoms with E-state index in [0.717, 1.165) is 23.2 Å². The average Bonchev–Trinajstić information content (AvgIpc) is 2.40.